The van der Waals surface area contributed by atoms with Crippen LogP contribution in [0.15, 0.2) is 48.8 Å². The van der Waals surface area contributed by atoms with Gasteiger partial charge in [0.15, 0.2) is 0 Å². The molecule has 1 fully saturated rings. The Hall–Kier alpha value is -2.13. The Kier molecular flexibility index (Phi) is 3.00. The van der Waals surface area contributed by atoms with Gasteiger partial charge in [-0.3, -0.25) is 4.57 Å². The lowest BCUT2D eigenvalue weighted by Gasteiger charge is -2.11. The molecule has 3 aromatic rings. The summed E-state index contributed by atoms with van der Waals surface area (Å²) >= 11 is 0. The first-order valence-corrected chi connectivity index (χ1v) is 7.56. The maximum absolute atomic E-state index is 4.50. The zero-order chi connectivity index (χ0) is 14.2. The van der Waals surface area contributed by atoms with Crippen LogP contribution in [0.1, 0.15) is 24.0 Å². The van der Waals surface area contributed by atoms with Crippen LogP contribution < -0.4 is 5.32 Å². The summed E-state index contributed by atoms with van der Waals surface area (Å²) in [7, 11) is 0. The first-order chi connectivity index (χ1) is 10.3. The number of para-hydroxylation sites is 2. The first kappa shape index (κ1) is 12.6. The number of nitrogens with zero attached hydrogens (tertiary/aromatic N) is 2. The van der Waals surface area contributed by atoms with Crippen LogP contribution in [0.4, 0.5) is 0 Å². The van der Waals surface area contributed by atoms with E-state index in [2.05, 4.69) is 58.2 Å². The first-order valence-electron chi connectivity index (χ1n) is 7.56. The molecule has 3 nitrogen and oxygen atoms in total. The molecule has 1 aromatic heterocycles. The fourth-order valence-electron chi connectivity index (χ4n) is 2.73. The Bertz CT molecular complexity index is 784. The standard InChI is InChI=1S/C18H19N3/c1-13-6-7-14(11-19-15-8-9-15)10-18(13)21-12-20-16-4-2-3-5-17(16)21/h2-7,10,12,15,19H,8-9,11H2,1H3. The largest absolute Gasteiger partial charge is 0.310 e. The summed E-state index contributed by atoms with van der Waals surface area (Å²) in [6.07, 6.45) is 4.57. The van der Waals surface area contributed by atoms with Crippen LogP contribution in [0.25, 0.3) is 16.7 Å². The number of hydrogen-bond donors (Lipinski definition) is 1. The average molecular weight is 277 g/mol. The molecule has 0 atom stereocenters. The molecule has 1 heterocycles. The number of nitrogens with one attached hydrogen (secondary N) is 1. The third-order valence-electron chi connectivity index (χ3n) is 4.16. The van der Waals surface area contributed by atoms with E-state index in [0.717, 1.165) is 23.6 Å². The van der Waals surface area contributed by atoms with Gasteiger partial charge in [-0.05, 0) is 49.1 Å². The number of aromatic nitrogens is 2. The third kappa shape index (κ3) is 2.45. The monoisotopic (exact) mass is 277 g/mol. The van der Waals surface area contributed by atoms with Gasteiger partial charge < -0.3 is 5.32 Å². The Morgan fingerprint density at radius 3 is 2.90 bits per heavy atom. The number of aryl methyl sites for hydroxylation is 1. The molecule has 21 heavy (non-hydrogen) atoms. The van der Waals surface area contributed by atoms with E-state index in [1.807, 2.05) is 12.4 Å². The Morgan fingerprint density at radius 2 is 2.05 bits per heavy atom. The fourth-order valence-corrected chi connectivity index (χ4v) is 2.73. The van der Waals surface area contributed by atoms with Crippen LogP contribution in [-0.2, 0) is 6.54 Å². The van der Waals surface area contributed by atoms with Crippen LogP contribution in [0.5, 0.6) is 0 Å². The second-order valence-electron chi connectivity index (χ2n) is 5.88. The van der Waals surface area contributed by atoms with Crippen molar-refractivity contribution in [1.82, 2.24) is 14.9 Å². The van der Waals surface area contributed by atoms with E-state index >= 15 is 0 Å². The van der Waals surface area contributed by atoms with Crippen molar-refractivity contribution < 1.29 is 0 Å². The Labute approximate surface area is 124 Å². The summed E-state index contributed by atoms with van der Waals surface area (Å²) in [5, 5.41) is 3.58. The van der Waals surface area contributed by atoms with Gasteiger partial charge in [-0.1, -0.05) is 24.3 Å². The normalized spacial score (nSPS) is 14.7. The van der Waals surface area contributed by atoms with Crippen LogP contribution in [0.3, 0.4) is 0 Å². The highest BCUT2D eigenvalue weighted by molar-refractivity contribution is 5.77. The molecule has 1 saturated carbocycles. The number of imidazole rings is 1. The number of rotatable bonds is 4. The summed E-state index contributed by atoms with van der Waals surface area (Å²) in [5.41, 5.74) is 6.03. The summed E-state index contributed by atoms with van der Waals surface area (Å²) < 4.78 is 2.19. The molecule has 3 heteroatoms. The topological polar surface area (TPSA) is 29.9 Å². The number of benzene rings is 2. The molecular formula is C18H19N3. The Balaban J connectivity index is 1.73. The highest BCUT2D eigenvalue weighted by Crippen LogP contribution is 2.23. The Morgan fingerprint density at radius 1 is 1.19 bits per heavy atom. The van der Waals surface area contributed by atoms with E-state index in [4.69, 9.17) is 0 Å². The van der Waals surface area contributed by atoms with Gasteiger partial charge in [0, 0.05) is 12.6 Å². The minimum atomic E-state index is 0.740. The van der Waals surface area contributed by atoms with E-state index in [9.17, 15) is 0 Å². The third-order valence-corrected chi connectivity index (χ3v) is 4.16. The van der Waals surface area contributed by atoms with Crippen LogP contribution in [0.2, 0.25) is 0 Å². The van der Waals surface area contributed by atoms with Crippen molar-refractivity contribution in [2.45, 2.75) is 32.4 Å². The smallest absolute Gasteiger partial charge is 0.100 e. The zero-order valence-electron chi connectivity index (χ0n) is 12.2. The predicted molar refractivity (Wildman–Crippen MR) is 85.7 cm³/mol. The molecule has 1 aliphatic rings. The molecule has 1 aliphatic carbocycles. The second-order valence-corrected chi connectivity index (χ2v) is 5.88. The summed E-state index contributed by atoms with van der Waals surface area (Å²) in [6.45, 7) is 3.10. The van der Waals surface area contributed by atoms with Gasteiger partial charge in [0.1, 0.15) is 6.33 Å². The molecule has 106 valence electrons. The molecule has 0 radical (unpaired) electrons. The number of fused-ring (bicyclic) bond motifs is 1. The van der Waals surface area contributed by atoms with Gasteiger partial charge in [-0.25, -0.2) is 4.98 Å². The van der Waals surface area contributed by atoms with Gasteiger partial charge >= 0.3 is 0 Å². The molecule has 0 amide bonds. The molecule has 0 aliphatic heterocycles. The average Bonchev–Trinajstić information content (AvgIpc) is 3.25. The summed E-state index contributed by atoms with van der Waals surface area (Å²) in [5.74, 6) is 0. The summed E-state index contributed by atoms with van der Waals surface area (Å²) in [4.78, 5) is 4.50. The van der Waals surface area contributed by atoms with Crippen molar-refractivity contribution in [2.75, 3.05) is 0 Å². The van der Waals surface area contributed by atoms with Crippen molar-refractivity contribution in [1.29, 1.82) is 0 Å². The van der Waals surface area contributed by atoms with Crippen molar-refractivity contribution in [2.24, 2.45) is 0 Å². The molecule has 0 unspecified atom stereocenters. The lowest BCUT2D eigenvalue weighted by Crippen LogP contribution is -2.15. The van der Waals surface area contributed by atoms with Crippen LogP contribution >= 0.6 is 0 Å². The molecule has 4 rings (SSSR count). The van der Waals surface area contributed by atoms with Crippen molar-refractivity contribution in [3.63, 3.8) is 0 Å². The van der Waals surface area contributed by atoms with E-state index in [1.165, 1.54) is 29.7 Å². The molecule has 0 spiro atoms. The molecular weight excluding hydrogens is 258 g/mol. The summed E-state index contributed by atoms with van der Waals surface area (Å²) in [6, 6.07) is 15.7. The predicted octanol–water partition coefficient (Wildman–Crippen LogP) is 3.59. The number of hydrogen-bond acceptors (Lipinski definition) is 2. The lowest BCUT2D eigenvalue weighted by molar-refractivity contribution is 0.687. The van der Waals surface area contributed by atoms with Gasteiger partial charge in [0.25, 0.3) is 0 Å². The maximum atomic E-state index is 4.50. The highest BCUT2D eigenvalue weighted by Gasteiger charge is 2.20. The van der Waals surface area contributed by atoms with Gasteiger partial charge in [0.05, 0.1) is 16.7 Å². The van der Waals surface area contributed by atoms with E-state index in [0.29, 0.717) is 0 Å². The molecule has 2 aromatic carbocycles. The SMILES string of the molecule is Cc1ccc(CNC2CC2)cc1-n1cnc2ccccc21. The quantitative estimate of drug-likeness (QED) is 0.790. The van der Waals surface area contributed by atoms with Gasteiger partial charge in [-0.2, -0.15) is 0 Å². The van der Waals surface area contributed by atoms with Gasteiger partial charge in [0.2, 0.25) is 0 Å². The van der Waals surface area contributed by atoms with E-state index in [-0.39, 0.29) is 0 Å². The minimum Gasteiger partial charge on any atom is -0.310 e. The molecule has 1 N–H and O–H groups in total. The van der Waals surface area contributed by atoms with Crippen LogP contribution in [-0.4, -0.2) is 15.6 Å². The van der Waals surface area contributed by atoms with Crippen molar-refractivity contribution in [3.05, 3.63) is 59.9 Å². The molecule has 0 saturated heterocycles. The second kappa shape index (κ2) is 5.01. The van der Waals surface area contributed by atoms with E-state index in [1.54, 1.807) is 0 Å². The highest BCUT2D eigenvalue weighted by atomic mass is 15.0. The fraction of sp³-hybridized carbons (Fsp3) is 0.278. The van der Waals surface area contributed by atoms with Crippen molar-refractivity contribution in [3.8, 4) is 5.69 Å². The van der Waals surface area contributed by atoms with Gasteiger partial charge in [-0.15, -0.1) is 0 Å². The maximum Gasteiger partial charge on any atom is 0.100 e. The van der Waals surface area contributed by atoms with Crippen molar-refractivity contribution >= 4 is 11.0 Å². The zero-order valence-corrected chi connectivity index (χ0v) is 12.2. The minimum absolute atomic E-state index is 0.740. The van der Waals surface area contributed by atoms with E-state index < -0.39 is 0 Å². The molecule has 0 bridgehead atoms. The lowest BCUT2D eigenvalue weighted by atomic mass is 10.1. The van der Waals surface area contributed by atoms with Crippen LogP contribution in [0, 0.1) is 6.92 Å².